The van der Waals surface area contributed by atoms with Gasteiger partial charge in [0.25, 0.3) is 0 Å². The minimum absolute atomic E-state index is 0.203. The third kappa shape index (κ3) is 4.58. The zero-order chi connectivity index (χ0) is 17.9. The molecule has 0 saturated heterocycles. The van der Waals surface area contributed by atoms with Gasteiger partial charge in [-0.3, -0.25) is 0 Å². The second-order valence-electron chi connectivity index (χ2n) is 8.08. The molecule has 0 radical (unpaired) electrons. The third-order valence-corrected chi connectivity index (χ3v) is 15.2. The Kier molecular flexibility index (Phi) is 6.04. The molecular weight excluding hydrogens is 320 g/mol. The highest BCUT2D eigenvalue weighted by Gasteiger charge is 2.52. The summed E-state index contributed by atoms with van der Waals surface area (Å²) < 4.78 is 11.3. The quantitative estimate of drug-likeness (QED) is 0.502. The monoisotopic (exact) mass is 350 g/mol. The van der Waals surface area contributed by atoms with E-state index in [1.807, 2.05) is 24.3 Å². The number of benzene rings is 1. The largest absolute Gasteiger partial charge is 0.508 e. The molecule has 1 rings (SSSR count). The summed E-state index contributed by atoms with van der Waals surface area (Å²) in [6.07, 6.45) is 1.19. The lowest BCUT2D eigenvalue weighted by Crippen LogP contribution is -2.66. The normalized spacial score (nSPS) is 12.7. The van der Waals surface area contributed by atoms with Crippen LogP contribution in [0.25, 0.3) is 6.08 Å². The fourth-order valence-corrected chi connectivity index (χ4v) is 12.4. The summed E-state index contributed by atoms with van der Waals surface area (Å²) in [5.74, 6) is 0. The molecule has 0 heterocycles. The number of ether oxygens (including phenoxy) is 2. The van der Waals surface area contributed by atoms with Crippen LogP contribution in [0.2, 0.25) is 39.3 Å². The van der Waals surface area contributed by atoms with Crippen molar-refractivity contribution in [1.29, 1.82) is 0 Å². The van der Waals surface area contributed by atoms with Gasteiger partial charge in [-0.05, 0) is 18.1 Å². The maximum atomic E-state index is 12.3. The predicted molar refractivity (Wildman–Crippen MR) is 103 cm³/mol. The standard InChI is InChI=1S/C18H30O3Si2/c1-9-15-12-10-11-13-16(15)14-20-17(19)21-18(2,22(3,4)5)23(6,7)8/h9-13H,1,14H2,2-8H3. The molecule has 0 unspecified atom stereocenters. The van der Waals surface area contributed by atoms with E-state index < -0.39 is 22.3 Å². The van der Waals surface area contributed by atoms with Crippen molar-refractivity contribution in [3.63, 3.8) is 0 Å². The Morgan fingerprint density at radius 2 is 1.65 bits per heavy atom. The summed E-state index contributed by atoms with van der Waals surface area (Å²) in [5, 5.41) is 0. The summed E-state index contributed by atoms with van der Waals surface area (Å²) >= 11 is 0. The van der Waals surface area contributed by atoms with Gasteiger partial charge in [0.15, 0.2) is 0 Å². The molecule has 23 heavy (non-hydrogen) atoms. The van der Waals surface area contributed by atoms with E-state index in [-0.39, 0.29) is 11.5 Å². The first-order valence-corrected chi connectivity index (χ1v) is 15.0. The van der Waals surface area contributed by atoms with Crippen molar-refractivity contribution in [2.24, 2.45) is 0 Å². The van der Waals surface area contributed by atoms with E-state index in [0.29, 0.717) is 0 Å². The molecule has 128 valence electrons. The van der Waals surface area contributed by atoms with Crippen molar-refractivity contribution >= 4 is 28.4 Å². The van der Waals surface area contributed by atoms with Crippen molar-refractivity contribution in [2.75, 3.05) is 0 Å². The van der Waals surface area contributed by atoms with E-state index in [1.165, 1.54) is 0 Å². The molecule has 0 fully saturated rings. The molecule has 0 saturated carbocycles. The van der Waals surface area contributed by atoms with Gasteiger partial charge in [-0.15, -0.1) is 0 Å². The van der Waals surface area contributed by atoms with Crippen LogP contribution in [0.5, 0.6) is 0 Å². The molecule has 5 heteroatoms. The van der Waals surface area contributed by atoms with Crippen molar-refractivity contribution in [2.45, 2.75) is 57.7 Å². The molecule has 0 aliphatic carbocycles. The smallest absolute Gasteiger partial charge is 0.436 e. The number of hydrogen-bond acceptors (Lipinski definition) is 3. The first-order chi connectivity index (χ1) is 10.4. The zero-order valence-electron chi connectivity index (χ0n) is 15.5. The maximum absolute atomic E-state index is 12.3. The molecule has 3 nitrogen and oxygen atoms in total. The lowest BCUT2D eigenvalue weighted by Gasteiger charge is -2.47. The van der Waals surface area contributed by atoms with E-state index in [4.69, 9.17) is 9.47 Å². The molecule has 0 aliphatic rings. The molecule has 0 amide bonds. The summed E-state index contributed by atoms with van der Waals surface area (Å²) in [7, 11) is -3.43. The van der Waals surface area contributed by atoms with Crippen LogP contribution >= 0.6 is 0 Å². The Morgan fingerprint density at radius 3 is 2.13 bits per heavy atom. The third-order valence-electron chi connectivity index (χ3n) is 4.77. The molecule has 0 aliphatic heterocycles. The lowest BCUT2D eigenvalue weighted by atomic mass is 10.1. The molecule has 0 atom stereocenters. The summed E-state index contributed by atoms with van der Waals surface area (Å²) in [5.41, 5.74) is 1.90. The fraction of sp³-hybridized carbons (Fsp3) is 0.500. The number of hydrogen-bond donors (Lipinski definition) is 0. The summed E-state index contributed by atoms with van der Waals surface area (Å²) in [4.78, 5) is 11.9. The number of carbonyl (C=O) groups excluding carboxylic acids is 1. The minimum atomic E-state index is -1.71. The first kappa shape index (κ1) is 19.7. The van der Waals surface area contributed by atoms with Gasteiger partial charge in [0.1, 0.15) is 6.61 Å². The fourth-order valence-electron chi connectivity index (χ4n) is 2.63. The van der Waals surface area contributed by atoms with Gasteiger partial charge in [0.05, 0.1) is 21.0 Å². The predicted octanol–water partition coefficient (Wildman–Crippen LogP) is 5.50. The highest BCUT2D eigenvalue weighted by atomic mass is 28.4. The van der Waals surface area contributed by atoms with Crippen LogP contribution < -0.4 is 0 Å². The van der Waals surface area contributed by atoms with Crippen molar-refractivity contribution < 1.29 is 14.3 Å². The van der Waals surface area contributed by atoms with Crippen LogP contribution in [0.1, 0.15) is 18.1 Å². The van der Waals surface area contributed by atoms with E-state index in [0.717, 1.165) is 11.1 Å². The van der Waals surface area contributed by atoms with Crippen LogP contribution in [0.15, 0.2) is 30.8 Å². The Bertz CT molecular complexity index is 554. The van der Waals surface area contributed by atoms with Gasteiger partial charge in [-0.25, -0.2) is 4.79 Å². The highest BCUT2D eigenvalue weighted by molar-refractivity contribution is 6.98. The summed E-state index contributed by atoms with van der Waals surface area (Å²) in [6, 6.07) is 7.74. The zero-order valence-corrected chi connectivity index (χ0v) is 17.5. The van der Waals surface area contributed by atoms with E-state index in [1.54, 1.807) is 6.08 Å². The Morgan fingerprint density at radius 1 is 1.13 bits per heavy atom. The van der Waals surface area contributed by atoms with Crippen LogP contribution in [0.4, 0.5) is 4.79 Å². The molecule has 0 spiro atoms. The Hall–Kier alpha value is -1.34. The SMILES string of the molecule is C=Cc1ccccc1COC(=O)OC(C)([Si](C)(C)C)[Si](C)(C)C. The van der Waals surface area contributed by atoms with Crippen LogP contribution in [0.3, 0.4) is 0 Å². The van der Waals surface area contributed by atoms with Crippen molar-refractivity contribution in [3.8, 4) is 0 Å². The van der Waals surface area contributed by atoms with E-state index in [2.05, 4.69) is 52.8 Å². The van der Waals surface area contributed by atoms with Gasteiger partial charge >= 0.3 is 6.16 Å². The van der Waals surface area contributed by atoms with Crippen LogP contribution in [-0.4, -0.2) is 27.2 Å². The Balaban J connectivity index is 2.84. The van der Waals surface area contributed by atoms with E-state index >= 15 is 0 Å². The molecular formula is C18H30O3Si2. The van der Waals surface area contributed by atoms with Gasteiger partial charge in [0, 0.05) is 0 Å². The maximum Gasteiger partial charge on any atom is 0.508 e. The summed E-state index contributed by atoms with van der Waals surface area (Å²) in [6.45, 7) is 19.5. The molecule has 0 aromatic heterocycles. The first-order valence-electron chi connectivity index (χ1n) is 7.98. The number of rotatable bonds is 6. The average Bonchev–Trinajstić information content (AvgIpc) is 2.43. The minimum Gasteiger partial charge on any atom is -0.436 e. The van der Waals surface area contributed by atoms with Gasteiger partial charge in [-0.2, -0.15) is 0 Å². The topological polar surface area (TPSA) is 35.5 Å². The van der Waals surface area contributed by atoms with Gasteiger partial charge < -0.3 is 9.47 Å². The molecule has 0 bridgehead atoms. The van der Waals surface area contributed by atoms with Crippen LogP contribution in [-0.2, 0) is 16.1 Å². The number of carbonyl (C=O) groups is 1. The Labute approximate surface area is 142 Å². The van der Waals surface area contributed by atoms with E-state index in [9.17, 15) is 4.79 Å². The van der Waals surface area contributed by atoms with Gasteiger partial charge in [-0.1, -0.05) is 76.2 Å². The van der Waals surface area contributed by atoms with Crippen LogP contribution in [0, 0.1) is 0 Å². The second kappa shape index (κ2) is 7.05. The van der Waals surface area contributed by atoms with Crippen molar-refractivity contribution in [1.82, 2.24) is 0 Å². The second-order valence-corrected chi connectivity index (χ2v) is 19.5. The average molecular weight is 351 g/mol. The van der Waals surface area contributed by atoms with Crippen molar-refractivity contribution in [3.05, 3.63) is 42.0 Å². The highest BCUT2D eigenvalue weighted by Crippen LogP contribution is 2.34. The molecule has 1 aromatic rings. The lowest BCUT2D eigenvalue weighted by molar-refractivity contribution is 0.0272. The van der Waals surface area contributed by atoms with Gasteiger partial charge in [0.2, 0.25) is 0 Å². The molecule has 1 aromatic carbocycles. The molecule has 0 N–H and O–H groups in total.